The molecule has 0 heterocycles. The van der Waals surface area contributed by atoms with Crippen LogP contribution in [0.25, 0.3) is 0 Å². The Bertz CT molecular complexity index is 558. The number of aliphatic hydroxyl groups excluding tert-OH is 1. The number of esters is 1. The van der Waals surface area contributed by atoms with E-state index < -0.39 is 0 Å². The van der Waals surface area contributed by atoms with Crippen molar-refractivity contribution >= 4 is 5.97 Å². The summed E-state index contributed by atoms with van der Waals surface area (Å²) >= 11 is 0. The van der Waals surface area contributed by atoms with E-state index in [0.29, 0.717) is 11.8 Å². The zero-order valence-corrected chi connectivity index (χ0v) is 16.9. The molecule has 1 saturated carbocycles. The van der Waals surface area contributed by atoms with Gasteiger partial charge in [-0.2, -0.15) is 0 Å². The first kappa shape index (κ1) is 20.2. The second-order valence-electron chi connectivity index (χ2n) is 9.02. The second-order valence-corrected chi connectivity index (χ2v) is 9.02. The third-order valence-electron chi connectivity index (χ3n) is 7.07. The molecule has 0 aromatic heterocycles. The molecule has 0 aromatic carbocycles. The zero-order valence-electron chi connectivity index (χ0n) is 16.9. The van der Waals surface area contributed by atoms with Crippen LogP contribution in [0.2, 0.25) is 0 Å². The third-order valence-corrected chi connectivity index (χ3v) is 7.07. The van der Waals surface area contributed by atoms with E-state index in [1.807, 2.05) is 6.08 Å². The van der Waals surface area contributed by atoms with Crippen molar-refractivity contribution < 1.29 is 14.6 Å². The van der Waals surface area contributed by atoms with Crippen LogP contribution in [-0.2, 0) is 9.53 Å². The van der Waals surface area contributed by atoms with Gasteiger partial charge >= 0.3 is 5.97 Å². The highest BCUT2D eigenvalue weighted by Crippen LogP contribution is 2.61. The van der Waals surface area contributed by atoms with Crippen molar-refractivity contribution in [2.75, 3.05) is 6.61 Å². The largest absolute Gasteiger partial charge is 0.462 e. The van der Waals surface area contributed by atoms with Gasteiger partial charge < -0.3 is 9.84 Å². The quantitative estimate of drug-likeness (QED) is 0.559. The van der Waals surface area contributed by atoms with Gasteiger partial charge in [-0.3, -0.25) is 4.79 Å². The summed E-state index contributed by atoms with van der Waals surface area (Å²) in [5.41, 5.74) is 3.02. The summed E-state index contributed by atoms with van der Waals surface area (Å²) in [6.07, 6.45) is 9.66. The predicted octanol–water partition coefficient (Wildman–Crippen LogP) is 5.05. The molecule has 0 saturated heterocycles. The molecular formula is C22H36O3. The number of hydrogen-bond acceptors (Lipinski definition) is 3. The van der Waals surface area contributed by atoms with Crippen LogP contribution < -0.4 is 0 Å². The van der Waals surface area contributed by atoms with Crippen LogP contribution in [0.5, 0.6) is 0 Å². The second kappa shape index (κ2) is 7.65. The van der Waals surface area contributed by atoms with E-state index in [2.05, 4.69) is 40.7 Å². The van der Waals surface area contributed by atoms with Gasteiger partial charge in [0.2, 0.25) is 0 Å². The summed E-state index contributed by atoms with van der Waals surface area (Å²) in [4.78, 5) is 11.5. The summed E-state index contributed by atoms with van der Waals surface area (Å²) in [6, 6.07) is 0. The van der Waals surface area contributed by atoms with Crippen molar-refractivity contribution in [3.05, 3.63) is 23.3 Å². The number of allylic oxidation sites excluding steroid dienone is 3. The lowest BCUT2D eigenvalue weighted by Gasteiger charge is -2.59. The topological polar surface area (TPSA) is 46.5 Å². The average Bonchev–Trinajstić information content (AvgIpc) is 2.49. The monoisotopic (exact) mass is 348 g/mol. The van der Waals surface area contributed by atoms with Crippen molar-refractivity contribution in [1.29, 1.82) is 0 Å². The Morgan fingerprint density at radius 3 is 2.64 bits per heavy atom. The zero-order chi connectivity index (χ0) is 18.8. The van der Waals surface area contributed by atoms with Crippen LogP contribution in [0.4, 0.5) is 0 Å². The summed E-state index contributed by atoms with van der Waals surface area (Å²) in [5, 5.41) is 9.10. The smallest absolute Gasteiger partial charge is 0.302 e. The van der Waals surface area contributed by atoms with E-state index in [1.54, 1.807) is 0 Å². The van der Waals surface area contributed by atoms with Gasteiger partial charge in [0, 0.05) is 12.3 Å². The Labute approximate surface area is 153 Å². The number of hydrogen-bond donors (Lipinski definition) is 1. The van der Waals surface area contributed by atoms with Crippen LogP contribution >= 0.6 is 0 Å². The summed E-state index contributed by atoms with van der Waals surface area (Å²) in [5.74, 6) is 0.922. The fraction of sp³-hybridized carbons (Fsp3) is 0.773. The molecule has 2 rings (SSSR count). The predicted molar refractivity (Wildman–Crippen MR) is 102 cm³/mol. The van der Waals surface area contributed by atoms with Gasteiger partial charge in [-0.15, -0.1) is 0 Å². The highest BCUT2D eigenvalue weighted by Gasteiger charge is 2.56. The van der Waals surface area contributed by atoms with Crippen molar-refractivity contribution in [2.24, 2.45) is 22.7 Å². The molecule has 0 aromatic rings. The number of fused-ring (bicyclic) bond motifs is 1. The molecule has 2 aliphatic carbocycles. The molecule has 0 amide bonds. The van der Waals surface area contributed by atoms with Crippen molar-refractivity contribution in [2.45, 2.75) is 79.8 Å². The minimum absolute atomic E-state index is 0.00982. The van der Waals surface area contributed by atoms with Crippen LogP contribution in [0.1, 0.15) is 73.6 Å². The highest BCUT2D eigenvalue weighted by atomic mass is 16.5. The fourth-order valence-corrected chi connectivity index (χ4v) is 5.62. The number of ether oxygens (including phenoxy) is 1. The van der Waals surface area contributed by atoms with E-state index >= 15 is 0 Å². The number of carbonyl (C=O) groups is 1. The van der Waals surface area contributed by atoms with E-state index in [1.165, 1.54) is 18.1 Å². The minimum atomic E-state index is -0.162. The van der Waals surface area contributed by atoms with Gasteiger partial charge in [-0.25, -0.2) is 0 Å². The highest BCUT2D eigenvalue weighted by molar-refractivity contribution is 5.66. The molecule has 4 atom stereocenters. The maximum absolute atomic E-state index is 11.5. The van der Waals surface area contributed by atoms with E-state index in [4.69, 9.17) is 9.84 Å². The lowest BCUT2D eigenvalue weighted by molar-refractivity contribution is -0.171. The first-order valence-electron chi connectivity index (χ1n) is 9.73. The van der Waals surface area contributed by atoms with Crippen LogP contribution in [0.15, 0.2) is 23.3 Å². The average molecular weight is 349 g/mol. The molecule has 1 fully saturated rings. The van der Waals surface area contributed by atoms with Crippen LogP contribution in [-0.4, -0.2) is 23.8 Å². The van der Waals surface area contributed by atoms with Gasteiger partial charge in [0.25, 0.3) is 0 Å². The molecule has 25 heavy (non-hydrogen) atoms. The maximum Gasteiger partial charge on any atom is 0.302 e. The summed E-state index contributed by atoms with van der Waals surface area (Å²) in [6.45, 7) is 13.1. The molecule has 3 heteroatoms. The molecule has 142 valence electrons. The van der Waals surface area contributed by atoms with Gasteiger partial charge in [0.1, 0.15) is 6.10 Å². The first-order chi connectivity index (χ1) is 11.6. The Morgan fingerprint density at radius 2 is 2.04 bits per heavy atom. The van der Waals surface area contributed by atoms with Crippen molar-refractivity contribution in [3.8, 4) is 0 Å². The summed E-state index contributed by atoms with van der Waals surface area (Å²) < 4.78 is 5.70. The molecule has 0 aliphatic heterocycles. The molecule has 3 nitrogen and oxygen atoms in total. The third kappa shape index (κ3) is 4.02. The SMILES string of the molecule is CC(=O)O[C@H]1CC[C@]2(C)[C@H](CC/C(C)=C/CO)C(C)=CC[C@@H]2C1(C)C. The molecular weight excluding hydrogens is 312 g/mol. The van der Waals surface area contributed by atoms with Gasteiger partial charge in [0.05, 0.1) is 6.61 Å². The Morgan fingerprint density at radius 1 is 1.36 bits per heavy atom. The maximum atomic E-state index is 11.5. The Hall–Kier alpha value is -1.09. The van der Waals surface area contributed by atoms with Crippen molar-refractivity contribution in [3.63, 3.8) is 0 Å². The first-order valence-corrected chi connectivity index (χ1v) is 9.73. The molecule has 0 bridgehead atoms. The van der Waals surface area contributed by atoms with Gasteiger partial charge in [-0.05, 0) is 63.2 Å². The summed E-state index contributed by atoms with van der Waals surface area (Å²) in [7, 11) is 0. The molecule has 0 radical (unpaired) electrons. The lowest BCUT2D eigenvalue weighted by Crippen LogP contribution is -2.55. The standard InChI is InChI=1S/C22H36O3/c1-15(12-14-23)7-9-18-16(2)8-10-19-21(4,5)20(25-17(3)24)11-13-22(18,19)6/h8,12,18-20,23H,7,9-11,13-14H2,1-6H3/b15-12+/t18-,19-,20+,22-/m1/s1. The van der Waals surface area contributed by atoms with Gasteiger partial charge in [0.15, 0.2) is 0 Å². The van der Waals surface area contributed by atoms with Crippen LogP contribution in [0.3, 0.4) is 0 Å². The van der Waals surface area contributed by atoms with Crippen LogP contribution in [0, 0.1) is 22.7 Å². The lowest BCUT2D eigenvalue weighted by atomic mass is 9.47. The normalized spacial score (nSPS) is 34.9. The van der Waals surface area contributed by atoms with E-state index in [-0.39, 0.29) is 29.5 Å². The van der Waals surface area contributed by atoms with Crippen molar-refractivity contribution in [1.82, 2.24) is 0 Å². The molecule has 2 aliphatic rings. The number of rotatable bonds is 5. The van der Waals surface area contributed by atoms with E-state index in [9.17, 15) is 4.79 Å². The fourth-order valence-electron chi connectivity index (χ4n) is 5.62. The Balaban J connectivity index is 2.25. The Kier molecular flexibility index (Phi) is 6.19. The number of carbonyl (C=O) groups excluding carboxylic acids is 1. The van der Waals surface area contributed by atoms with E-state index in [0.717, 1.165) is 32.1 Å². The molecule has 0 unspecified atom stereocenters. The molecule has 0 spiro atoms. The molecule has 1 N–H and O–H groups in total. The van der Waals surface area contributed by atoms with Gasteiger partial charge in [-0.1, -0.05) is 44.1 Å². The number of aliphatic hydroxyl groups is 1. The minimum Gasteiger partial charge on any atom is -0.462 e.